The molecule has 1 aromatic rings. The highest BCUT2D eigenvalue weighted by atomic mass is 35.5. The zero-order valence-corrected chi connectivity index (χ0v) is 10.0. The first-order valence-electron chi connectivity index (χ1n) is 5.43. The molecule has 0 amide bonds. The summed E-state index contributed by atoms with van der Waals surface area (Å²) in [4.78, 5) is 0. The van der Waals surface area contributed by atoms with Crippen LogP contribution in [0.5, 0.6) is 5.75 Å². The molecule has 0 unspecified atom stereocenters. The summed E-state index contributed by atoms with van der Waals surface area (Å²) in [6, 6.07) is 5.40. The van der Waals surface area contributed by atoms with Crippen LogP contribution in [-0.2, 0) is 5.60 Å². The van der Waals surface area contributed by atoms with Gasteiger partial charge < -0.3 is 15.2 Å². The summed E-state index contributed by atoms with van der Waals surface area (Å²) in [5.74, 6) is 0.728. The van der Waals surface area contributed by atoms with E-state index in [2.05, 4.69) is 5.32 Å². The second-order valence-corrected chi connectivity index (χ2v) is 4.53. The van der Waals surface area contributed by atoms with Crippen molar-refractivity contribution in [3.8, 4) is 5.75 Å². The maximum absolute atomic E-state index is 10.6. The third kappa shape index (κ3) is 2.17. The van der Waals surface area contributed by atoms with Crippen molar-refractivity contribution in [2.24, 2.45) is 0 Å². The predicted molar refractivity (Wildman–Crippen MR) is 64.0 cm³/mol. The second-order valence-electron chi connectivity index (χ2n) is 4.13. The SMILES string of the molecule is COc1ccc(Cl)c(C2(O)CCNCC2)c1. The molecule has 2 rings (SSSR count). The Kier molecular flexibility index (Phi) is 3.38. The molecule has 1 fully saturated rings. The number of ether oxygens (including phenoxy) is 1. The van der Waals surface area contributed by atoms with Crippen LogP contribution in [0.2, 0.25) is 5.02 Å². The van der Waals surface area contributed by atoms with E-state index >= 15 is 0 Å². The average molecular weight is 242 g/mol. The van der Waals surface area contributed by atoms with Crippen molar-refractivity contribution >= 4 is 11.6 Å². The van der Waals surface area contributed by atoms with Crippen molar-refractivity contribution in [2.75, 3.05) is 20.2 Å². The number of hydrogen-bond donors (Lipinski definition) is 2. The minimum atomic E-state index is -0.823. The third-order valence-corrected chi connectivity index (χ3v) is 3.44. The fourth-order valence-corrected chi connectivity index (χ4v) is 2.39. The highest BCUT2D eigenvalue weighted by Gasteiger charge is 2.33. The van der Waals surface area contributed by atoms with E-state index in [0.29, 0.717) is 17.9 Å². The Morgan fingerprint density at radius 3 is 2.69 bits per heavy atom. The lowest BCUT2D eigenvalue weighted by atomic mass is 9.85. The van der Waals surface area contributed by atoms with Crippen LogP contribution in [0.15, 0.2) is 18.2 Å². The van der Waals surface area contributed by atoms with E-state index in [1.807, 2.05) is 6.07 Å². The van der Waals surface area contributed by atoms with Crippen LogP contribution in [0.25, 0.3) is 0 Å². The van der Waals surface area contributed by atoms with Crippen LogP contribution >= 0.6 is 11.6 Å². The molecule has 0 spiro atoms. The molecule has 88 valence electrons. The second kappa shape index (κ2) is 4.62. The van der Waals surface area contributed by atoms with Crippen molar-refractivity contribution in [2.45, 2.75) is 18.4 Å². The predicted octanol–water partition coefficient (Wildman–Crippen LogP) is 1.92. The van der Waals surface area contributed by atoms with Gasteiger partial charge in [-0.15, -0.1) is 0 Å². The van der Waals surface area contributed by atoms with E-state index < -0.39 is 5.60 Å². The Bertz CT molecular complexity index is 375. The van der Waals surface area contributed by atoms with Gasteiger partial charge in [-0.25, -0.2) is 0 Å². The Morgan fingerprint density at radius 1 is 1.38 bits per heavy atom. The molecule has 1 aliphatic heterocycles. The molecule has 0 atom stereocenters. The number of benzene rings is 1. The van der Waals surface area contributed by atoms with Crippen LogP contribution in [0.1, 0.15) is 18.4 Å². The van der Waals surface area contributed by atoms with E-state index in [1.54, 1.807) is 19.2 Å². The number of hydrogen-bond acceptors (Lipinski definition) is 3. The number of nitrogens with one attached hydrogen (secondary N) is 1. The lowest BCUT2D eigenvalue weighted by Crippen LogP contribution is -2.39. The fraction of sp³-hybridized carbons (Fsp3) is 0.500. The van der Waals surface area contributed by atoms with Gasteiger partial charge in [-0.05, 0) is 44.1 Å². The first kappa shape index (κ1) is 11.7. The number of methoxy groups -OCH3 is 1. The van der Waals surface area contributed by atoms with Gasteiger partial charge in [0.25, 0.3) is 0 Å². The summed E-state index contributed by atoms with van der Waals surface area (Å²) in [6.07, 6.45) is 1.36. The molecule has 0 aliphatic carbocycles. The van der Waals surface area contributed by atoms with Gasteiger partial charge in [-0.1, -0.05) is 11.6 Å². The summed E-state index contributed by atoms with van der Waals surface area (Å²) in [7, 11) is 1.61. The Labute approximate surface area is 100 Å². The quantitative estimate of drug-likeness (QED) is 0.831. The van der Waals surface area contributed by atoms with Gasteiger partial charge in [-0.3, -0.25) is 0 Å². The summed E-state index contributed by atoms with van der Waals surface area (Å²) < 4.78 is 5.16. The maximum atomic E-state index is 10.6. The minimum Gasteiger partial charge on any atom is -0.497 e. The Balaban J connectivity index is 2.37. The van der Waals surface area contributed by atoms with E-state index in [1.165, 1.54) is 0 Å². The topological polar surface area (TPSA) is 41.5 Å². The van der Waals surface area contributed by atoms with Crippen LogP contribution < -0.4 is 10.1 Å². The maximum Gasteiger partial charge on any atom is 0.119 e. The molecule has 2 N–H and O–H groups in total. The fourth-order valence-electron chi connectivity index (χ4n) is 2.10. The standard InChI is InChI=1S/C12H16ClNO2/c1-16-9-2-3-11(13)10(8-9)12(15)4-6-14-7-5-12/h2-3,8,14-15H,4-7H2,1H3. The van der Waals surface area contributed by atoms with Crippen molar-refractivity contribution < 1.29 is 9.84 Å². The van der Waals surface area contributed by atoms with Crippen LogP contribution in [0, 0.1) is 0 Å². The lowest BCUT2D eigenvalue weighted by molar-refractivity contribution is 0.00587. The highest BCUT2D eigenvalue weighted by Crippen LogP contribution is 2.36. The summed E-state index contributed by atoms with van der Waals surface area (Å²) in [5.41, 5.74) is -0.0494. The molecular weight excluding hydrogens is 226 g/mol. The molecular formula is C12H16ClNO2. The van der Waals surface area contributed by atoms with Gasteiger partial charge in [-0.2, -0.15) is 0 Å². The molecule has 0 bridgehead atoms. The first-order valence-corrected chi connectivity index (χ1v) is 5.81. The van der Waals surface area contributed by atoms with Crippen LogP contribution in [0.3, 0.4) is 0 Å². The summed E-state index contributed by atoms with van der Waals surface area (Å²) in [5, 5.41) is 14.4. The number of halogens is 1. The highest BCUT2D eigenvalue weighted by molar-refractivity contribution is 6.31. The van der Waals surface area contributed by atoms with Gasteiger partial charge in [0.15, 0.2) is 0 Å². The van der Waals surface area contributed by atoms with Gasteiger partial charge in [0.05, 0.1) is 12.7 Å². The van der Waals surface area contributed by atoms with Gasteiger partial charge in [0.1, 0.15) is 5.75 Å². The Hall–Kier alpha value is -0.770. The van der Waals surface area contributed by atoms with E-state index in [4.69, 9.17) is 16.3 Å². The first-order chi connectivity index (χ1) is 7.65. The number of rotatable bonds is 2. The molecule has 1 heterocycles. The third-order valence-electron chi connectivity index (χ3n) is 3.11. The number of piperidine rings is 1. The monoisotopic (exact) mass is 241 g/mol. The summed E-state index contributed by atoms with van der Waals surface area (Å²) in [6.45, 7) is 1.62. The van der Waals surface area contributed by atoms with Crippen molar-refractivity contribution in [1.82, 2.24) is 5.32 Å². The van der Waals surface area contributed by atoms with Crippen molar-refractivity contribution in [3.63, 3.8) is 0 Å². The zero-order valence-electron chi connectivity index (χ0n) is 9.29. The average Bonchev–Trinajstić information content (AvgIpc) is 2.30. The Morgan fingerprint density at radius 2 is 2.06 bits per heavy atom. The molecule has 16 heavy (non-hydrogen) atoms. The molecule has 1 aromatic carbocycles. The smallest absolute Gasteiger partial charge is 0.119 e. The van der Waals surface area contributed by atoms with Crippen LogP contribution in [0.4, 0.5) is 0 Å². The molecule has 3 nitrogen and oxygen atoms in total. The molecule has 4 heteroatoms. The normalized spacial score (nSPS) is 19.4. The van der Waals surface area contributed by atoms with Gasteiger partial charge in [0.2, 0.25) is 0 Å². The van der Waals surface area contributed by atoms with E-state index in [-0.39, 0.29) is 0 Å². The summed E-state index contributed by atoms with van der Waals surface area (Å²) >= 11 is 6.14. The zero-order chi connectivity index (χ0) is 11.6. The number of aliphatic hydroxyl groups is 1. The molecule has 1 aliphatic rings. The largest absolute Gasteiger partial charge is 0.497 e. The van der Waals surface area contributed by atoms with Crippen molar-refractivity contribution in [1.29, 1.82) is 0 Å². The molecule has 0 aromatic heterocycles. The molecule has 0 radical (unpaired) electrons. The molecule has 0 saturated carbocycles. The lowest BCUT2D eigenvalue weighted by Gasteiger charge is -2.33. The van der Waals surface area contributed by atoms with E-state index in [0.717, 1.165) is 24.4 Å². The van der Waals surface area contributed by atoms with E-state index in [9.17, 15) is 5.11 Å². The van der Waals surface area contributed by atoms with Crippen LogP contribution in [-0.4, -0.2) is 25.3 Å². The van der Waals surface area contributed by atoms with Crippen molar-refractivity contribution in [3.05, 3.63) is 28.8 Å². The minimum absolute atomic E-state index is 0.602. The van der Waals surface area contributed by atoms with Gasteiger partial charge in [0, 0.05) is 10.6 Å². The van der Waals surface area contributed by atoms with Gasteiger partial charge >= 0.3 is 0 Å². The molecule has 1 saturated heterocycles.